The van der Waals surface area contributed by atoms with Crippen LogP contribution in [-0.4, -0.2) is 48.4 Å². The fourth-order valence-corrected chi connectivity index (χ4v) is 3.84. The van der Waals surface area contributed by atoms with Crippen molar-refractivity contribution in [2.45, 2.75) is 12.6 Å². The van der Waals surface area contributed by atoms with Crippen LogP contribution in [0.4, 0.5) is 10.1 Å². The Morgan fingerprint density at radius 3 is 2.47 bits per heavy atom. The predicted molar refractivity (Wildman–Crippen MR) is 129 cm³/mol. The van der Waals surface area contributed by atoms with Gasteiger partial charge in [-0.2, -0.15) is 0 Å². The van der Waals surface area contributed by atoms with Crippen molar-refractivity contribution >= 4 is 34.8 Å². The Kier molecular flexibility index (Phi) is 8.03. The normalized spacial score (nSPS) is 15.1. The maximum absolute atomic E-state index is 14.6. The lowest BCUT2D eigenvalue weighted by Crippen LogP contribution is -2.44. The Morgan fingerprint density at radius 1 is 1.06 bits per heavy atom. The minimum atomic E-state index is -0.626. The zero-order valence-electron chi connectivity index (χ0n) is 18.1. The first kappa shape index (κ1) is 24.4. The zero-order chi connectivity index (χ0) is 24.1. The van der Waals surface area contributed by atoms with Crippen LogP contribution in [0.15, 0.2) is 60.7 Å². The number of nitrogens with zero attached hydrogens (tertiary/aromatic N) is 1. The number of carbonyl (C=O) groups is 1. The van der Waals surface area contributed by atoms with Crippen LogP contribution in [0.1, 0.15) is 15.9 Å². The highest BCUT2D eigenvalue weighted by atomic mass is 35.5. The summed E-state index contributed by atoms with van der Waals surface area (Å²) in [6.07, 6.45) is -0.109. The lowest BCUT2D eigenvalue weighted by atomic mass is 10.1. The first-order valence-corrected chi connectivity index (χ1v) is 11.5. The van der Waals surface area contributed by atoms with Gasteiger partial charge < -0.3 is 19.9 Å². The molecule has 0 saturated carbocycles. The average Bonchev–Trinajstić information content (AvgIpc) is 2.84. The topological polar surface area (TPSA) is 71.0 Å². The second-order valence-corrected chi connectivity index (χ2v) is 8.62. The molecule has 1 aliphatic rings. The highest BCUT2D eigenvalue weighted by Gasteiger charge is 2.19. The summed E-state index contributed by atoms with van der Waals surface area (Å²) in [7, 11) is 0. The number of hydrogen-bond donors (Lipinski definition) is 2. The minimum absolute atomic E-state index is 0.0219. The van der Waals surface area contributed by atoms with E-state index in [0.29, 0.717) is 49.1 Å². The lowest BCUT2D eigenvalue weighted by Gasteiger charge is -2.31. The SMILES string of the molecule is O=C(Nc1ccc(Oc2ccc(CC(O)N3CCOCC3)cc2)c(F)c1)c1ccc(Cl)c(Cl)c1. The third-order valence-electron chi connectivity index (χ3n) is 5.41. The van der Waals surface area contributed by atoms with E-state index in [1.54, 1.807) is 18.2 Å². The largest absolute Gasteiger partial charge is 0.454 e. The summed E-state index contributed by atoms with van der Waals surface area (Å²) in [5, 5.41) is 13.6. The van der Waals surface area contributed by atoms with E-state index in [2.05, 4.69) is 5.32 Å². The first-order valence-electron chi connectivity index (χ1n) is 10.7. The maximum Gasteiger partial charge on any atom is 0.255 e. The van der Waals surface area contributed by atoms with Gasteiger partial charge in [0.25, 0.3) is 5.91 Å². The van der Waals surface area contributed by atoms with Crippen LogP contribution >= 0.6 is 23.2 Å². The highest BCUT2D eigenvalue weighted by molar-refractivity contribution is 6.42. The Bertz CT molecular complexity index is 1150. The van der Waals surface area contributed by atoms with Gasteiger partial charge in [0.05, 0.1) is 23.3 Å². The van der Waals surface area contributed by atoms with Gasteiger partial charge in [-0.3, -0.25) is 9.69 Å². The molecule has 1 saturated heterocycles. The molecule has 0 aromatic heterocycles. The molecule has 1 amide bonds. The summed E-state index contributed by atoms with van der Waals surface area (Å²) < 4.78 is 25.6. The molecule has 1 unspecified atom stereocenters. The lowest BCUT2D eigenvalue weighted by molar-refractivity contribution is -0.0575. The molecular weight excluding hydrogens is 482 g/mol. The number of carbonyl (C=O) groups excluding carboxylic acids is 1. The Hall–Kier alpha value is -2.68. The molecule has 1 fully saturated rings. The molecule has 0 aliphatic carbocycles. The van der Waals surface area contributed by atoms with E-state index in [1.165, 1.54) is 30.3 Å². The van der Waals surface area contributed by atoms with Crippen molar-refractivity contribution in [3.63, 3.8) is 0 Å². The molecule has 34 heavy (non-hydrogen) atoms. The van der Waals surface area contributed by atoms with Gasteiger partial charge in [-0.1, -0.05) is 35.3 Å². The van der Waals surface area contributed by atoms with E-state index in [9.17, 15) is 14.3 Å². The van der Waals surface area contributed by atoms with E-state index in [1.807, 2.05) is 17.0 Å². The van der Waals surface area contributed by atoms with E-state index >= 15 is 0 Å². The van der Waals surface area contributed by atoms with Crippen LogP contribution < -0.4 is 10.1 Å². The van der Waals surface area contributed by atoms with Crippen LogP contribution in [0.2, 0.25) is 10.0 Å². The Balaban J connectivity index is 1.35. The van der Waals surface area contributed by atoms with Crippen LogP contribution in [0.3, 0.4) is 0 Å². The second-order valence-electron chi connectivity index (χ2n) is 7.81. The van der Waals surface area contributed by atoms with Crippen molar-refractivity contribution in [2.24, 2.45) is 0 Å². The Labute approximate surface area is 206 Å². The summed E-state index contributed by atoms with van der Waals surface area (Å²) in [5.41, 5.74) is 1.51. The predicted octanol–water partition coefficient (Wildman–Crippen LogP) is 5.37. The molecule has 3 aromatic rings. The third-order valence-corrected chi connectivity index (χ3v) is 6.15. The summed E-state index contributed by atoms with van der Waals surface area (Å²) in [6.45, 7) is 2.64. The van der Waals surface area contributed by atoms with Crippen molar-refractivity contribution < 1.29 is 23.8 Å². The van der Waals surface area contributed by atoms with E-state index in [0.717, 1.165) is 5.56 Å². The van der Waals surface area contributed by atoms with Crippen LogP contribution in [-0.2, 0) is 11.2 Å². The van der Waals surface area contributed by atoms with E-state index in [4.69, 9.17) is 32.7 Å². The zero-order valence-corrected chi connectivity index (χ0v) is 19.7. The molecule has 0 radical (unpaired) electrons. The molecule has 0 spiro atoms. The van der Waals surface area contributed by atoms with Gasteiger partial charge >= 0.3 is 0 Å². The van der Waals surface area contributed by atoms with Crippen LogP contribution in [0.5, 0.6) is 11.5 Å². The maximum atomic E-state index is 14.6. The highest BCUT2D eigenvalue weighted by Crippen LogP contribution is 2.28. The third kappa shape index (κ3) is 6.25. The molecule has 0 bridgehead atoms. The Morgan fingerprint density at radius 2 is 1.79 bits per heavy atom. The fourth-order valence-electron chi connectivity index (χ4n) is 3.54. The van der Waals surface area contributed by atoms with Gasteiger partial charge in [-0.25, -0.2) is 4.39 Å². The van der Waals surface area contributed by atoms with Crippen molar-refractivity contribution in [2.75, 3.05) is 31.6 Å². The number of nitrogens with one attached hydrogen (secondary N) is 1. The molecule has 4 rings (SSSR count). The number of aliphatic hydroxyl groups excluding tert-OH is 1. The second kappa shape index (κ2) is 11.2. The van der Waals surface area contributed by atoms with Gasteiger partial charge in [0.2, 0.25) is 0 Å². The van der Waals surface area contributed by atoms with E-state index < -0.39 is 18.0 Å². The van der Waals surface area contributed by atoms with Crippen molar-refractivity contribution in [1.82, 2.24) is 4.90 Å². The smallest absolute Gasteiger partial charge is 0.255 e. The quantitative estimate of drug-likeness (QED) is 0.452. The number of aliphatic hydroxyl groups is 1. The molecule has 178 valence electrons. The average molecular weight is 505 g/mol. The minimum Gasteiger partial charge on any atom is -0.454 e. The molecule has 9 heteroatoms. The van der Waals surface area contributed by atoms with Crippen molar-refractivity contribution in [3.05, 3.63) is 87.7 Å². The molecule has 1 atom stereocenters. The number of benzene rings is 3. The molecule has 2 N–H and O–H groups in total. The number of hydrogen-bond acceptors (Lipinski definition) is 5. The van der Waals surface area contributed by atoms with Gasteiger partial charge in [-0.15, -0.1) is 0 Å². The van der Waals surface area contributed by atoms with Crippen LogP contribution in [0.25, 0.3) is 0 Å². The fraction of sp³-hybridized carbons (Fsp3) is 0.240. The number of anilines is 1. The number of morpholine rings is 1. The van der Waals surface area contributed by atoms with Gasteiger partial charge in [-0.05, 0) is 48.0 Å². The summed E-state index contributed by atoms with van der Waals surface area (Å²) in [6, 6.07) is 15.8. The summed E-state index contributed by atoms with van der Waals surface area (Å²) >= 11 is 11.8. The molecule has 3 aromatic carbocycles. The van der Waals surface area contributed by atoms with Gasteiger partial charge in [0.1, 0.15) is 12.0 Å². The molecule has 1 heterocycles. The van der Waals surface area contributed by atoms with Gasteiger partial charge in [0, 0.05) is 36.8 Å². The number of ether oxygens (including phenoxy) is 2. The number of rotatable bonds is 7. The number of amides is 1. The number of halogens is 3. The van der Waals surface area contributed by atoms with E-state index in [-0.39, 0.29) is 16.5 Å². The summed E-state index contributed by atoms with van der Waals surface area (Å²) in [5.74, 6) is -0.593. The van der Waals surface area contributed by atoms with Crippen LogP contribution in [0, 0.1) is 5.82 Å². The van der Waals surface area contributed by atoms with Crippen molar-refractivity contribution in [1.29, 1.82) is 0 Å². The molecular formula is C25H23Cl2FN2O4. The standard InChI is InChI=1S/C25H23Cl2FN2O4/c26-20-7-3-17(14-21(20)27)25(32)29-18-4-8-23(22(28)15-18)34-19-5-1-16(2-6-19)13-24(31)30-9-11-33-12-10-30/h1-8,14-15,24,31H,9-13H2,(H,29,32). The van der Waals surface area contributed by atoms with Crippen molar-refractivity contribution in [3.8, 4) is 11.5 Å². The molecule has 1 aliphatic heterocycles. The van der Waals surface area contributed by atoms with Gasteiger partial charge in [0.15, 0.2) is 11.6 Å². The monoisotopic (exact) mass is 504 g/mol. The first-order chi connectivity index (χ1) is 16.4. The molecule has 6 nitrogen and oxygen atoms in total. The summed E-state index contributed by atoms with van der Waals surface area (Å²) in [4.78, 5) is 14.4.